The topological polar surface area (TPSA) is 96.6 Å². The average Bonchev–Trinajstić information content (AvgIpc) is 3.39. The number of rotatable bonds is 6. The van der Waals surface area contributed by atoms with Gasteiger partial charge in [-0.1, -0.05) is 37.3 Å². The first-order chi connectivity index (χ1) is 13.8. The molecule has 1 aromatic rings. The maximum atomic E-state index is 13.0. The van der Waals surface area contributed by atoms with Crippen molar-refractivity contribution in [2.24, 2.45) is 11.8 Å². The number of aryl methyl sites for hydroxylation is 1. The van der Waals surface area contributed by atoms with E-state index in [9.17, 15) is 13.2 Å². The third-order valence-corrected chi connectivity index (χ3v) is 8.93. The van der Waals surface area contributed by atoms with Crippen molar-refractivity contribution in [3.8, 4) is 0 Å². The molecule has 162 valence electrons. The Labute approximate surface area is 173 Å². The minimum absolute atomic E-state index is 0.0118. The highest BCUT2D eigenvalue weighted by molar-refractivity contribution is 7.89. The largest absolute Gasteiger partial charge is 0.341 e. The maximum absolute atomic E-state index is 13.0. The van der Waals surface area contributed by atoms with Gasteiger partial charge in [0.25, 0.3) is 0 Å². The fraction of sp³-hybridized carbons (Fsp3) is 0.850. The average molecular weight is 425 g/mol. The molecule has 0 radical (unpaired) electrons. The number of carbonyl (C=O) groups excluding carboxylic acids is 1. The Morgan fingerprint density at radius 3 is 2.62 bits per heavy atom. The predicted molar refractivity (Wildman–Crippen MR) is 108 cm³/mol. The molecule has 29 heavy (non-hydrogen) atoms. The molecule has 2 aliphatic heterocycles. The summed E-state index contributed by atoms with van der Waals surface area (Å²) < 4.78 is 32.0. The van der Waals surface area contributed by atoms with Gasteiger partial charge in [-0.05, 0) is 26.2 Å². The zero-order valence-corrected chi connectivity index (χ0v) is 18.3. The third kappa shape index (κ3) is 3.95. The van der Waals surface area contributed by atoms with Gasteiger partial charge >= 0.3 is 0 Å². The Kier molecular flexibility index (Phi) is 5.72. The summed E-state index contributed by atoms with van der Waals surface area (Å²) in [5.41, 5.74) is -0.593. The van der Waals surface area contributed by atoms with Crippen LogP contribution >= 0.6 is 0 Å². The van der Waals surface area contributed by atoms with E-state index < -0.39 is 15.4 Å². The Hall–Kier alpha value is -1.48. The van der Waals surface area contributed by atoms with Crippen molar-refractivity contribution in [1.82, 2.24) is 19.3 Å². The second-order valence-electron chi connectivity index (χ2n) is 9.01. The first-order valence-corrected chi connectivity index (χ1v) is 12.5. The van der Waals surface area contributed by atoms with E-state index in [1.165, 1.54) is 32.1 Å². The molecule has 3 aliphatic rings. The van der Waals surface area contributed by atoms with Crippen LogP contribution in [0.5, 0.6) is 0 Å². The number of hydrogen-bond donors (Lipinski definition) is 0. The summed E-state index contributed by atoms with van der Waals surface area (Å²) in [5, 5.41) is 3.93. The van der Waals surface area contributed by atoms with Crippen LogP contribution in [0, 0.1) is 18.8 Å². The number of sulfonamides is 1. The summed E-state index contributed by atoms with van der Waals surface area (Å²) in [4.78, 5) is 19.3. The second-order valence-corrected chi connectivity index (χ2v) is 11.3. The van der Waals surface area contributed by atoms with Gasteiger partial charge in [-0.15, -0.1) is 0 Å². The van der Waals surface area contributed by atoms with E-state index in [2.05, 4.69) is 10.1 Å². The maximum Gasteiger partial charge on any atom is 0.236 e. The minimum atomic E-state index is -3.30. The highest BCUT2D eigenvalue weighted by atomic mass is 32.2. The van der Waals surface area contributed by atoms with Crippen molar-refractivity contribution in [2.75, 3.05) is 31.9 Å². The minimum Gasteiger partial charge on any atom is -0.341 e. The van der Waals surface area contributed by atoms with E-state index in [4.69, 9.17) is 4.52 Å². The fourth-order valence-electron chi connectivity index (χ4n) is 5.37. The number of likely N-dealkylation sites (tertiary alicyclic amines) is 1. The summed E-state index contributed by atoms with van der Waals surface area (Å²) in [6.45, 7) is 5.15. The van der Waals surface area contributed by atoms with E-state index in [-0.39, 0.29) is 17.6 Å². The van der Waals surface area contributed by atoms with Crippen molar-refractivity contribution >= 4 is 15.9 Å². The molecule has 0 bridgehead atoms. The van der Waals surface area contributed by atoms with E-state index in [0.717, 1.165) is 6.42 Å². The standard InChI is InChI=1S/C20H32N4O4S/c1-3-29(26,27)24-12-17-11-23(18(25)10-9-16-7-5-4-6-8-16)13-20(17,14-24)19-21-15(2)22-28-19/h16-17H,3-14H2,1-2H3/t17-,20-/m0/s1. The van der Waals surface area contributed by atoms with Crippen LogP contribution in [0.25, 0.3) is 0 Å². The van der Waals surface area contributed by atoms with Crippen molar-refractivity contribution < 1.29 is 17.7 Å². The van der Waals surface area contributed by atoms with Gasteiger partial charge in [0.15, 0.2) is 5.82 Å². The lowest BCUT2D eigenvalue weighted by Crippen LogP contribution is -2.41. The highest BCUT2D eigenvalue weighted by Crippen LogP contribution is 2.45. The Balaban J connectivity index is 1.49. The van der Waals surface area contributed by atoms with E-state index in [1.807, 2.05) is 4.90 Å². The van der Waals surface area contributed by atoms with Gasteiger partial charge < -0.3 is 9.42 Å². The van der Waals surface area contributed by atoms with Crippen LogP contribution in [0.4, 0.5) is 0 Å². The Bertz CT molecular complexity index is 848. The third-order valence-electron chi connectivity index (χ3n) is 7.13. The molecular weight excluding hydrogens is 392 g/mol. The van der Waals surface area contributed by atoms with E-state index in [1.54, 1.807) is 18.2 Å². The molecule has 2 atom stereocenters. The summed E-state index contributed by atoms with van der Waals surface area (Å²) in [6, 6.07) is 0. The van der Waals surface area contributed by atoms with Crippen LogP contribution in [-0.4, -0.2) is 65.6 Å². The van der Waals surface area contributed by atoms with Crippen LogP contribution < -0.4 is 0 Å². The lowest BCUT2D eigenvalue weighted by Gasteiger charge is -2.26. The van der Waals surface area contributed by atoms with Gasteiger partial charge in [-0.3, -0.25) is 4.79 Å². The van der Waals surface area contributed by atoms with Crippen LogP contribution in [0.1, 0.15) is 63.6 Å². The van der Waals surface area contributed by atoms with Gasteiger partial charge in [-0.2, -0.15) is 4.98 Å². The normalized spacial score (nSPS) is 28.8. The van der Waals surface area contributed by atoms with E-state index in [0.29, 0.717) is 50.2 Å². The molecule has 1 amide bonds. The van der Waals surface area contributed by atoms with Crippen LogP contribution in [0.2, 0.25) is 0 Å². The number of fused-ring (bicyclic) bond motifs is 1. The Morgan fingerprint density at radius 1 is 1.21 bits per heavy atom. The number of hydrogen-bond acceptors (Lipinski definition) is 6. The summed E-state index contributed by atoms with van der Waals surface area (Å²) in [7, 11) is -3.30. The molecule has 1 saturated carbocycles. The smallest absolute Gasteiger partial charge is 0.236 e. The van der Waals surface area contributed by atoms with Crippen molar-refractivity contribution in [3.05, 3.63) is 11.7 Å². The van der Waals surface area contributed by atoms with Gasteiger partial charge in [0.05, 0.1) is 11.2 Å². The Morgan fingerprint density at radius 2 is 1.97 bits per heavy atom. The molecular formula is C20H32N4O4S. The molecule has 0 unspecified atom stereocenters. The van der Waals surface area contributed by atoms with Crippen molar-refractivity contribution in [2.45, 2.75) is 64.2 Å². The summed E-state index contributed by atoms with van der Waals surface area (Å²) >= 11 is 0. The van der Waals surface area contributed by atoms with Crippen molar-refractivity contribution in [1.29, 1.82) is 0 Å². The molecule has 0 N–H and O–H groups in total. The number of aromatic nitrogens is 2. The number of nitrogens with zero attached hydrogens (tertiary/aromatic N) is 4. The van der Waals surface area contributed by atoms with Gasteiger partial charge in [0.2, 0.25) is 21.8 Å². The molecule has 3 heterocycles. The molecule has 3 fully saturated rings. The molecule has 0 aromatic carbocycles. The van der Waals surface area contributed by atoms with Gasteiger partial charge in [0.1, 0.15) is 0 Å². The molecule has 1 aromatic heterocycles. The molecule has 8 nitrogen and oxygen atoms in total. The lowest BCUT2D eigenvalue weighted by atomic mass is 9.81. The molecule has 9 heteroatoms. The van der Waals surface area contributed by atoms with Crippen LogP contribution in [0.15, 0.2) is 4.52 Å². The predicted octanol–water partition coefficient (Wildman–Crippen LogP) is 2.10. The van der Waals surface area contributed by atoms with Crippen LogP contribution in [-0.2, 0) is 20.2 Å². The molecule has 4 rings (SSSR count). The fourth-order valence-corrected chi connectivity index (χ4v) is 6.57. The first kappa shape index (κ1) is 20.8. The highest BCUT2D eigenvalue weighted by Gasteiger charge is 2.59. The van der Waals surface area contributed by atoms with Crippen LogP contribution in [0.3, 0.4) is 0 Å². The number of carbonyl (C=O) groups is 1. The molecule has 1 aliphatic carbocycles. The quantitative estimate of drug-likeness (QED) is 0.694. The monoisotopic (exact) mass is 424 g/mol. The summed E-state index contributed by atoms with van der Waals surface area (Å²) in [5.74, 6) is 1.91. The molecule has 2 saturated heterocycles. The zero-order valence-electron chi connectivity index (χ0n) is 17.5. The number of amides is 1. The van der Waals surface area contributed by atoms with E-state index >= 15 is 0 Å². The van der Waals surface area contributed by atoms with Gasteiger partial charge in [0, 0.05) is 38.5 Å². The zero-order chi connectivity index (χ0) is 20.6. The van der Waals surface area contributed by atoms with Gasteiger partial charge in [-0.25, -0.2) is 12.7 Å². The lowest BCUT2D eigenvalue weighted by molar-refractivity contribution is -0.131. The molecule has 0 spiro atoms. The first-order valence-electron chi connectivity index (χ1n) is 10.9. The summed E-state index contributed by atoms with van der Waals surface area (Å²) in [6.07, 6.45) is 7.91. The second kappa shape index (κ2) is 7.98. The SMILES string of the molecule is CCS(=O)(=O)N1C[C@@H]2CN(C(=O)CCC3CCCCC3)C[C@]2(c2nc(C)no2)C1. The van der Waals surface area contributed by atoms with Crippen molar-refractivity contribution in [3.63, 3.8) is 0 Å².